The van der Waals surface area contributed by atoms with Gasteiger partial charge in [0.15, 0.2) is 0 Å². The highest BCUT2D eigenvalue weighted by atomic mass is 16.3. The summed E-state index contributed by atoms with van der Waals surface area (Å²) in [6, 6.07) is 83.8. The average molecular weight is 1780 g/mol. The Hall–Kier alpha value is -9.38. The number of rotatable bonds is 56. The van der Waals surface area contributed by atoms with Gasteiger partial charge >= 0.3 is 0 Å². The molecule has 134 heavy (non-hydrogen) atoms. The topological polar surface area (TPSA) is 34.5 Å². The molecular formula is C130H162N2O2. The molecule has 18 rings (SSSR count). The number of unbranched alkanes of at least 4 members (excludes halogenated alkanes) is 36. The van der Waals surface area contributed by atoms with E-state index in [-0.39, 0.29) is 21.7 Å². The molecule has 0 unspecified atom stereocenters. The Morgan fingerprint density at radius 1 is 0.239 bits per heavy atom. The highest BCUT2D eigenvalue weighted by molar-refractivity contribution is 6.22. The lowest BCUT2D eigenvalue weighted by atomic mass is 9.62. The molecule has 0 saturated carbocycles. The van der Waals surface area contributed by atoms with Gasteiger partial charge in [-0.1, -0.05) is 465 Å². The molecule has 4 aliphatic rings. The summed E-state index contributed by atoms with van der Waals surface area (Å²) in [7, 11) is 0. The van der Waals surface area contributed by atoms with Crippen LogP contribution in [0, 0.1) is 0 Å². The van der Waals surface area contributed by atoms with E-state index in [4.69, 9.17) is 8.83 Å². The molecule has 4 heteroatoms. The minimum atomic E-state index is -0.333. The number of aromatic nitrogens is 1. The normalized spacial score (nSPS) is 14.4. The summed E-state index contributed by atoms with van der Waals surface area (Å²) >= 11 is 0. The first kappa shape index (κ1) is 95.0. The first-order valence-corrected chi connectivity index (χ1v) is 55.6. The Bertz CT molecular complexity index is 6210. The summed E-state index contributed by atoms with van der Waals surface area (Å²) in [4.78, 5) is 2.86. The number of hydrogen-bond acceptors (Lipinski definition) is 3. The number of benzene rings is 11. The van der Waals surface area contributed by atoms with E-state index in [1.54, 1.807) is 38.9 Å². The van der Waals surface area contributed by atoms with E-state index in [2.05, 4.69) is 271 Å². The van der Waals surface area contributed by atoms with Gasteiger partial charge in [0.1, 0.15) is 22.3 Å². The molecule has 11 aromatic carbocycles. The van der Waals surface area contributed by atoms with Crippen molar-refractivity contribution in [3.05, 3.63) is 251 Å². The second kappa shape index (κ2) is 44.4. The molecule has 0 saturated heterocycles. The summed E-state index contributed by atoms with van der Waals surface area (Å²) < 4.78 is 17.6. The zero-order chi connectivity index (χ0) is 91.9. The van der Waals surface area contributed by atoms with Crippen LogP contribution < -0.4 is 4.90 Å². The van der Waals surface area contributed by atoms with Crippen LogP contribution in [0.2, 0.25) is 0 Å². The molecule has 4 nitrogen and oxygen atoms in total. The Balaban J connectivity index is 0.925. The first-order valence-electron chi connectivity index (χ1n) is 55.6. The summed E-state index contributed by atoms with van der Waals surface area (Å²) in [5.41, 5.74) is 35.2. The number of anilines is 3. The van der Waals surface area contributed by atoms with Gasteiger partial charge in [0.05, 0.1) is 16.7 Å². The number of nitrogens with zero attached hydrogens (tertiary/aromatic N) is 2. The van der Waals surface area contributed by atoms with E-state index in [1.807, 2.05) is 0 Å². The maximum Gasteiger partial charge on any atom is 0.144 e. The van der Waals surface area contributed by atoms with E-state index >= 15 is 0 Å². The predicted molar refractivity (Wildman–Crippen MR) is 580 cm³/mol. The van der Waals surface area contributed by atoms with Crippen molar-refractivity contribution in [2.24, 2.45) is 0 Å². The summed E-state index contributed by atoms with van der Waals surface area (Å²) in [5, 5.41) is 7.78. The van der Waals surface area contributed by atoms with Gasteiger partial charge in [0.2, 0.25) is 0 Å². The SMILES string of the molecule is CCCCCCCCC1(CCCCCCCC)c2cc(N(c3ccc4c(c3)C(CCCCCCC)(CCCCCCC)c3c5c(c6c(oc7ccccc76)c3-4)-c3ccccc3C5(CCCCCCC)CCCCCCC)c3cccc4c5ccccc5n(-c5ccccc5)c34)ccc2-c2cc3c(cc21)-c1c(ccc2oc4ccccc4c12)C3(CCCCCCCC)CCCCCCCC. The van der Waals surface area contributed by atoms with Crippen molar-refractivity contribution in [3.8, 4) is 50.2 Å². The molecule has 0 aliphatic heterocycles. The van der Waals surface area contributed by atoms with E-state index in [9.17, 15) is 0 Å². The van der Waals surface area contributed by atoms with E-state index in [0.717, 1.165) is 48.0 Å². The predicted octanol–water partition coefficient (Wildman–Crippen LogP) is 41.6. The van der Waals surface area contributed by atoms with Crippen molar-refractivity contribution < 1.29 is 8.83 Å². The second-order valence-electron chi connectivity index (χ2n) is 42.5. The lowest BCUT2D eigenvalue weighted by molar-refractivity contribution is 0.369. The zero-order valence-electron chi connectivity index (χ0n) is 84.1. The monoisotopic (exact) mass is 1780 g/mol. The van der Waals surface area contributed by atoms with Gasteiger partial charge in [0, 0.05) is 76.6 Å². The van der Waals surface area contributed by atoms with Gasteiger partial charge in [-0.25, -0.2) is 0 Å². The van der Waals surface area contributed by atoms with E-state index in [1.165, 1.54) is 424 Å². The molecule has 0 amide bonds. The van der Waals surface area contributed by atoms with Crippen LogP contribution in [0.3, 0.4) is 0 Å². The Morgan fingerprint density at radius 3 is 1.15 bits per heavy atom. The smallest absolute Gasteiger partial charge is 0.144 e. The molecule has 4 aliphatic carbocycles. The molecule has 0 spiro atoms. The molecule has 0 N–H and O–H groups in total. The zero-order valence-corrected chi connectivity index (χ0v) is 84.1. The fraction of sp³-hybridized carbons (Fsp3) is 0.492. The quantitative estimate of drug-likeness (QED) is 0.0356. The van der Waals surface area contributed by atoms with Crippen molar-refractivity contribution >= 4 is 82.7 Å². The minimum absolute atomic E-state index is 0.143. The molecular weight excluding hydrogens is 1620 g/mol. The average Bonchev–Trinajstić information content (AvgIpc) is 1.58. The van der Waals surface area contributed by atoms with Gasteiger partial charge < -0.3 is 18.3 Å². The van der Waals surface area contributed by atoms with Gasteiger partial charge in [-0.15, -0.1) is 0 Å². The fourth-order valence-electron chi connectivity index (χ4n) is 27.0. The van der Waals surface area contributed by atoms with Crippen molar-refractivity contribution in [1.82, 2.24) is 4.57 Å². The maximum absolute atomic E-state index is 7.90. The van der Waals surface area contributed by atoms with Gasteiger partial charge in [-0.2, -0.15) is 0 Å². The minimum Gasteiger partial charge on any atom is -0.456 e. The van der Waals surface area contributed by atoms with Crippen LogP contribution in [-0.4, -0.2) is 4.57 Å². The standard InChI is InChI=1S/C130H162N2O2/c1-9-17-25-33-41-56-83-127(84-57-42-34-26-18-10-2)108-81-82-117-119(103-69-50-54-75-115(103)133-117)118(108)106-94-111-105(93-112(106)127)98-79-77-96(91-109(98)128(111,85-58-43-35-27-19-11-3)86-59-44-36-28-20-12-4)131(114-74-64-71-100-99-67-49-53-73-113(99)132(125(100)114)95-65-46-45-47-66-95)97-78-80-102-110(92-97)130(89-62-39-31-23-15-7,90-63-40-32-24-16-8)124-122(102)126-121(104-70-51-55-76-116(104)134-126)120-101-68-48-52-72-107(101)129(123(120)124,87-60-37-29-21-13-5)88-61-38-30-22-14-6/h45-55,64-82,91-94H,9-44,56-63,83-90H2,1-8H3. The molecule has 704 valence electrons. The molecule has 14 aromatic rings. The molecule has 3 aromatic heterocycles. The number of furan rings is 2. The summed E-state index contributed by atoms with van der Waals surface area (Å²) in [6.07, 6.45) is 64.9. The third-order valence-corrected chi connectivity index (χ3v) is 33.7. The van der Waals surface area contributed by atoms with Crippen molar-refractivity contribution in [2.75, 3.05) is 4.90 Å². The van der Waals surface area contributed by atoms with Crippen LogP contribution in [0.5, 0.6) is 0 Å². The molecule has 3 heterocycles. The lowest BCUT2D eigenvalue weighted by Crippen LogP contribution is -2.33. The van der Waals surface area contributed by atoms with Crippen molar-refractivity contribution in [1.29, 1.82) is 0 Å². The van der Waals surface area contributed by atoms with Crippen LogP contribution in [0.25, 0.3) is 116 Å². The second-order valence-corrected chi connectivity index (χ2v) is 42.5. The third kappa shape index (κ3) is 18.2. The van der Waals surface area contributed by atoms with Crippen molar-refractivity contribution in [3.63, 3.8) is 0 Å². The largest absolute Gasteiger partial charge is 0.456 e. The van der Waals surface area contributed by atoms with Crippen LogP contribution in [0.4, 0.5) is 17.1 Å². The highest BCUT2D eigenvalue weighted by Crippen LogP contribution is 2.69. The highest BCUT2D eigenvalue weighted by Gasteiger charge is 2.55. The van der Waals surface area contributed by atoms with Crippen LogP contribution in [-0.2, 0) is 21.7 Å². The fourth-order valence-corrected chi connectivity index (χ4v) is 27.0. The van der Waals surface area contributed by atoms with Gasteiger partial charge in [0.25, 0.3) is 0 Å². The third-order valence-electron chi connectivity index (χ3n) is 33.7. The summed E-state index contributed by atoms with van der Waals surface area (Å²) in [5.74, 6) is 0. The lowest BCUT2D eigenvalue weighted by Gasteiger charge is -2.40. The van der Waals surface area contributed by atoms with E-state index < -0.39 is 0 Å². The van der Waals surface area contributed by atoms with Crippen molar-refractivity contribution in [2.45, 2.75) is 411 Å². The Morgan fingerprint density at radius 2 is 0.619 bits per heavy atom. The number of para-hydroxylation sites is 5. The van der Waals surface area contributed by atoms with Crippen LogP contribution >= 0.6 is 0 Å². The van der Waals surface area contributed by atoms with Crippen LogP contribution in [0.1, 0.15) is 434 Å². The number of hydrogen-bond donors (Lipinski definition) is 0. The number of fused-ring (bicyclic) bond motifs is 25. The van der Waals surface area contributed by atoms with Gasteiger partial charge in [-0.05, 0) is 214 Å². The molecule has 0 atom stereocenters. The maximum atomic E-state index is 7.90. The Labute approximate surface area is 807 Å². The van der Waals surface area contributed by atoms with Gasteiger partial charge in [-0.3, -0.25) is 0 Å². The van der Waals surface area contributed by atoms with E-state index in [0.29, 0.717) is 0 Å². The molecule has 0 fully saturated rings. The first-order chi connectivity index (χ1) is 66.2. The molecule has 0 radical (unpaired) electrons. The van der Waals surface area contributed by atoms with Crippen LogP contribution in [0.15, 0.2) is 215 Å². The molecule has 0 bridgehead atoms. The summed E-state index contributed by atoms with van der Waals surface area (Å²) in [6.45, 7) is 19.1. The Kier molecular flexibility index (Phi) is 31.5.